The number of hydrogen-bond acceptors (Lipinski definition) is 5. The molecule has 0 amide bonds. The second kappa shape index (κ2) is 4.69. The van der Waals surface area contributed by atoms with Crippen LogP contribution in [0.5, 0.6) is 0 Å². The molecule has 0 N–H and O–H groups in total. The van der Waals surface area contributed by atoms with Gasteiger partial charge in [-0.05, 0) is 0 Å². The summed E-state index contributed by atoms with van der Waals surface area (Å²) in [6, 6.07) is 0. The predicted molar refractivity (Wildman–Crippen MR) is 34.7 cm³/mol. The highest BCUT2D eigenvalue weighted by Gasteiger charge is 2.59. The average Bonchev–Trinajstić information content (AvgIpc) is 2.12. The van der Waals surface area contributed by atoms with E-state index >= 15 is 0 Å². The fraction of sp³-hybridized carbons (Fsp3) is 1.00. The fourth-order valence-electron chi connectivity index (χ4n) is 0.413. The van der Waals surface area contributed by atoms with E-state index < -0.39 is 35.4 Å². The van der Waals surface area contributed by atoms with Crippen LogP contribution < -0.4 is 0 Å². The monoisotopic (exact) mass is 218 g/mol. The van der Waals surface area contributed by atoms with Crippen LogP contribution in [0.3, 0.4) is 0 Å². The van der Waals surface area contributed by atoms with Gasteiger partial charge in [0, 0.05) is 0 Å². The molecule has 0 aromatic heterocycles. The van der Waals surface area contributed by atoms with Crippen molar-refractivity contribution in [1.29, 1.82) is 0 Å². The first-order chi connectivity index (χ1) is 6.34. The zero-order chi connectivity index (χ0) is 11.4. The van der Waals surface area contributed by atoms with E-state index in [1.807, 2.05) is 0 Å². The van der Waals surface area contributed by atoms with E-state index in [2.05, 4.69) is 4.74 Å². The minimum Gasteiger partial charge on any atom is -0.327 e. The Bertz CT molecular complexity index is 223. The maximum absolute atomic E-state index is 12.7. The van der Waals surface area contributed by atoms with Gasteiger partial charge in [-0.1, -0.05) is 4.39 Å². The lowest BCUT2D eigenvalue weighted by atomic mass is 10.5. The van der Waals surface area contributed by atoms with Crippen LogP contribution in [0.4, 0.5) is 13.2 Å². The third-order valence-electron chi connectivity index (χ3n) is 1.13. The van der Waals surface area contributed by atoms with Gasteiger partial charge in [-0.25, -0.2) is 8.78 Å². The molecule has 0 radical (unpaired) electrons. The standard InChI is InChI=1S/C4H5F3N2O5/c5-1-3(6)14-2-4(7,8(10)11)9(12)13/h3H,1-2H2. The molecule has 0 fully saturated rings. The summed E-state index contributed by atoms with van der Waals surface area (Å²) < 4.78 is 39.7. The summed E-state index contributed by atoms with van der Waals surface area (Å²) >= 11 is 0. The SMILES string of the molecule is O=[N+]([O-])C(F)(COC(F)CF)[N+](=O)[O-]. The Kier molecular flexibility index (Phi) is 4.21. The summed E-state index contributed by atoms with van der Waals surface area (Å²) in [6.07, 6.45) is -2.62. The smallest absolute Gasteiger partial charge is 0.327 e. The molecule has 0 heterocycles. The Balaban J connectivity index is 4.40. The Morgan fingerprint density at radius 2 is 1.79 bits per heavy atom. The van der Waals surface area contributed by atoms with E-state index in [9.17, 15) is 33.4 Å². The number of hydrogen-bond donors (Lipinski definition) is 0. The van der Waals surface area contributed by atoms with E-state index in [1.165, 1.54) is 0 Å². The Morgan fingerprint density at radius 1 is 1.36 bits per heavy atom. The summed E-state index contributed by atoms with van der Waals surface area (Å²) in [5, 5.41) is 19.7. The van der Waals surface area contributed by atoms with Crippen LogP contribution in [0.25, 0.3) is 0 Å². The molecule has 7 nitrogen and oxygen atoms in total. The van der Waals surface area contributed by atoms with Crippen molar-refractivity contribution in [3.05, 3.63) is 20.2 Å². The van der Waals surface area contributed by atoms with Gasteiger partial charge in [-0.2, -0.15) is 0 Å². The van der Waals surface area contributed by atoms with Crippen molar-refractivity contribution in [2.45, 2.75) is 12.3 Å². The summed E-state index contributed by atoms with van der Waals surface area (Å²) in [5.41, 5.74) is 0. The Morgan fingerprint density at radius 3 is 2.07 bits per heavy atom. The van der Waals surface area contributed by atoms with Crippen molar-refractivity contribution in [1.82, 2.24) is 0 Å². The van der Waals surface area contributed by atoms with E-state index in [4.69, 9.17) is 0 Å². The maximum atomic E-state index is 12.7. The van der Waals surface area contributed by atoms with Crippen LogP contribution in [-0.4, -0.2) is 35.4 Å². The predicted octanol–water partition coefficient (Wildman–Crippen LogP) is 0.445. The summed E-state index contributed by atoms with van der Waals surface area (Å²) in [4.78, 5) is 15.9. The molecule has 0 aromatic carbocycles. The van der Waals surface area contributed by atoms with E-state index in [-0.39, 0.29) is 0 Å². The Hall–Kier alpha value is -1.45. The highest BCUT2D eigenvalue weighted by molar-refractivity contribution is 4.50. The molecule has 1 atom stereocenters. The summed E-state index contributed by atoms with van der Waals surface area (Å²) in [7, 11) is 0. The number of rotatable bonds is 6. The first kappa shape index (κ1) is 12.6. The molecule has 14 heavy (non-hydrogen) atoms. The van der Waals surface area contributed by atoms with E-state index in [1.54, 1.807) is 0 Å². The first-order valence-electron chi connectivity index (χ1n) is 3.14. The third kappa shape index (κ3) is 2.80. The number of halogens is 3. The molecule has 82 valence electrons. The molecule has 0 rings (SSSR count). The average molecular weight is 218 g/mol. The minimum absolute atomic E-state index is 1.68. The highest BCUT2D eigenvalue weighted by Crippen LogP contribution is 2.14. The zero-order valence-electron chi connectivity index (χ0n) is 6.56. The lowest BCUT2D eigenvalue weighted by molar-refractivity contribution is -0.833. The molecule has 0 saturated heterocycles. The van der Waals surface area contributed by atoms with Gasteiger partial charge in [0.1, 0.15) is 16.5 Å². The van der Waals surface area contributed by atoms with Gasteiger partial charge < -0.3 is 4.74 Å². The van der Waals surface area contributed by atoms with Gasteiger partial charge in [-0.15, -0.1) is 0 Å². The van der Waals surface area contributed by atoms with Crippen molar-refractivity contribution >= 4 is 0 Å². The lowest BCUT2D eigenvalue weighted by Crippen LogP contribution is -2.46. The van der Waals surface area contributed by atoms with Crippen molar-refractivity contribution in [3.63, 3.8) is 0 Å². The third-order valence-corrected chi connectivity index (χ3v) is 1.13. The topological polar surface area (TPSA) is 95.5 Å². The van der Waals surface area contributed by atoms with Crippen molar-refractivity contribution in [3.8, 4) is 0 Å². The molecule has 0 aliphatic carbocycles. The first-order valence-corrected chi connectivity index (χ1v) is 3.14. The Labute approximate surface area is 74.8 Å². The zero-order valence-corrected chi connectivity index (χ0v) is 6.56. The van der Waals surface area contributed by atoms with Crippen LogP contribution in [0.2, 0.25) is 0 Å². The molecule has 0 spiro atoms. The molecule has 0 aromatic rings. The molecule has 0 saturated carbocycles. The van der Waals surface area contributed by atoms with Gasteiger partial charge in [0.2, 0.25) is 13.0 Å². The lowest BCUT2D eigenvalue weighted by Gasteiger charge is -2.09. The molecule has 0 aliphatic rings. The molecule has 1 unspecified atom stereocenters. The second-order valence-electron chi connectivity index (χ2n) is 2.11. The van der Waals surface area contributed by atoms with Crippen LogP contribution >= 0.6 is 0 Å². The molecule has 0 bridgehead atoms. The van der Waals surface area contributed by atoms with Crippen LogP contribution in [0, 0.1) is 20.2 Å². The fourth-order valence-corrected chi connectivity index (χ4v) is 0.413. The van der Waals surface area contributed by atoms with Crippen LogP contribution in [0.15, 0.2) is 0 Å². The van der Waals surface area contributed by atoms with Crippen LogP contribution in [0.1, 0.15) is 0 Å². The largest absolute Gasteiger partial charge is 0.637 e. The summed E-state index contributed by atoms with van der Waals surface area (Å²) in [5.74, 6) is -4.15. The molecular formula is C4H5F3N2O5. The van der Waals surface area contributed by atoms with Crippen molar-refractivity contribution in [2.24, 2.45) is 0 Å². The minimum atomic E-state index is -4.15. The van der Waals surface area contributed by atoms with E-state index in [0.29, 0.717) is 0 Å². The van der Waals surface area contributed by atoms with Crippen LogP contribution in [-0.2, 0) is 4.74 Å². The van der Waals surface area contributed by atoms with Crippen molar-refractivity contribution < 1.29 is 27.8 Å². The van der Waals surface area contributed by atoms with Gasteiger partial charge in [0.25, 0.3) is 0 Å². The number of ether oxygens (including phenoxy) is 1. The quantitative estimate of drug-likeness (QED) is 0.279. The highest BCUT2D eigenvalue weighted by atomic mass is 19.2. The van der Waals surface area contributed by atoms with Gasteiger partial charge >= 0.3 is 5.92 Å². The molecule has 0 aliphatic heterocycles. The van der Waals surface area contributed by atoms with Gasteiger partial charge in [0.05, 0.1) is 0 Å². The maximum Gasteiger partial charge on any atom is 0.637 e. The number of alkyl halides is 3. The molecular weight excluding hydrogens is 213 g/mol. The second-order valence-corrected chi connectivity index (χ2v) is 2.11. The summed E-state index contributed by atoms with van der Waals surface area (Å²) in [6.45, 7) is -3.47. The number of nitrogens with zero attached hydrogens (tertiary/aromatic N) is 2. The van der Waals surface area contributed by atoms with Crippen molar-refractivity contribution in [2.75, 3.05) is 13.3 Å². The number of nitro groups is 2. The van der Waals surface area contributed by atoms with E-state index in [0.717, 1.165) is 0 Å². The normalized spacial score (nSPS) is 13.6. The van der Waals surface area contributed by atoms with Gasteiger partial charge in [0.15, 0.2) is 0 Å². The van der Waals surface area contributed by atoms with Gasteiger partial charge in [-0.3, -0.25) is 20.2 Å². The molecule has 10 heteroatoms.